The lowest BCUT2D eigenvalue weighted by molar-refractivity contribution is -0.114. The number of amides is 3. The van der Waals surface area contributed by atoms with Gasteiger partial charge >= 0.3 is 0 Å². The number of carbonyl (C=O) groups is 3. The first kappa shape index (κ1) is 28.9. The third kappa shape index (κ3) is 7.98. The molecule has 0 atom stereocenters. The third-order valence-electron chi connectivity index (χ3n) is 5.60. The van der Waals surface area contributed by atoms with Crippen molar-refractivity contribution >= 4 is 69.9 Å². The minimum absolute atomic E-state index is 0.124. The fourth-order valence-electron chi connectivity index (χ4n) is 3.56. The van der Waals surface area contributed by atoms with E-state index in [1.807, 2.05) is 42.6 Å². The smallest absolute Gasteiger partial charge is 0.272 e. The molecule has 40 heavy (non-hydrogen) atoms. The van der Waals surface area contributed by atoms with Crippen molar-refractivity contribution < 1.29 is 19.1 Å². The van der Waals surface area contributed by atoms with E-state index in [0.29, 0.717) is 27.7 Å². The van der Waals surface area contributed by atoms with Gasteiger partial charge in [0.15, 0.2) is 0 Å². The number of anilines is 2. The number of ether oxygens (including phenoxy) is 1. The third-order valence-corrected chi connectivity index (χ3v) is 7.83. The number of halogens is 1. The molecule has 3 amide bonds. The van der Waals surface area contributed by atoms with Crippen molar-refractivity contribution in [2.45, 2.75) is 11.8 Å². The molecule has 3 aromatic carbocycles. The van der Waals surface area contributed by atoms with E-state index in [0.717, 1.165) is 15.3 Å². The molecule has 0 aliphatic rings. The van der Waals surface area contributed by atoms with Crippen molar-refractivity contribution in [2.24, 2.45) is 0 Å². The van der Waals surface area contributed by atoms with Crippen LogP contribution in [0.5, 0.6) is 5.75 Å². The Morgan fingerprint density at radius 2 is 1.73 bits per heavy atom. The van der Waals surface area contributed by atoms with Gasteiger partial charge in [0, 0.05) is 32.1 Å². The van der Waals surface area contributed by atoms with E-state index in [2.05, 4.69) is 16.0 Å². The number of carbonyl (C=O) groups excluding carboxylic acids is 3. The quantitative estimate of drug-likeness (QED) is 0.138. The van der Waals surface area contributed by atoms with Crippen LogP contribution < -0.4 is 20.7 Å². The van der Waals surface area contributed by atoms with E-state index in [4.69, 9.17) is 16.3 Å². The Kier molecular flexibility index (Phi) is 10.0. The minimum atomic E-state index is -0.454. The highest BCUT2D eigenvalue weighted by molar-refractivity contribution is 8.00. The van der Waals surface area contributed by atoms with Gasteiger partial charge in [-0.25, -0.2) is 0 Å². The SMILES string of the molecule is COc1cc(Cl)c(C)cc1NC(=O)CSc1ccc(NC(=O)/C(=C/c2cccs2)NC(=O)c2ccccc2)cc1. The summed E-state index contributed by atoms with van der Waals surface area (Å²) in [7, 11) is 1.52. The van der Waals surface area contributed by atoms with Crippen molar-refractivity contribution in [1.29, 1.82) is 0 Å². The molecule has 4 rings (SSSR count). The first-order valence-corrected chi connectivity index (χ1v) is 14.4. The molecular formula is C30H26ClN3O4S2. The molecule has 7 nitrogen and oxygen atoms in total. The second-order valence-corrected chi connectivity index (χ2v) is 10.9. The number of benzene rings is 3. The summed E-state index contributed by atoms with van der Waals surface area (Å²) in [5, 5.41) is 10.9. The van der Waals surface area contributed by atoms with Crippen LogP contribution in [-0.2, 0) is 9.59 Å². The second-order valence-electron chi connectivity index (χ2n) is 8.51. The summed E-state index contributed by atoms with van der Waals surface area (Å²) >= 11 is 8.95. The van der Waals surface area contributed by atoms with Gasteiger partial charge in [-0.2, -0.15) is 0 Å². The molecule has 0 spiro atoms. The minimum Gasteiger partial charge on any atom is -0.495 e. The van der Waals surface area contributed by atoms with Crippen molar-refractivity contribution in [1.82, 2.24) is 5.32 Å². The molecule has 0 saturated heterocycles. The van der Waals surface area contributed by atoms with Crippen LogP contribution in [-0.4, -0.2) is 30.6 Å². The molecule has 0 aliphatic heterocycles. The summed E-state index contributed by atoms with van der Waals surface area (Å²) in [6.45, 7) is 1.85. The highest BCUT2D eigenvalue weighted by Gasteiger charge is 2.16. The van der Waals surface area contributed by atoms with Crippen molar-refractivity contribution in [2.75, 3.05) is 23.5 Å². The number of hydrogen-bond donors (Lipinski definition) is 3. The summed E-state index contributed by atoms with van der Waals surface area (Å²) < 4.78 is 5.31. The zero-order valence-electron chi connectivity index (χ0n) is 21.7. The van der Waals surface area contributed by atoms with Crippen LogP contribution in [0, 0.1) is 6.92 Å². The monoisotopic (exact) mass is 591 g/mol. The zero-order chi connectivity index (χ0) is 28.5. The summed E-state index contributed by atoms with van der Waals surface area (Å²) in [6, 6.07) is 23.0. The molecule has 0 unspecified atom stereocenters. The first-order valence-electron chi connectivity index (χ1n) is 12.1. The fourth-order valence-corrected chi connectivity index (χ4v) is 5.07. The molecule has 0 bridgehead atoms. The Balaban J connectivity index is 1.37. The lowest BCUT2D eigenvalue weighted by Gasteiger charge is -2.12. The van der Waals surface area contributed by atoms with Crippen LogP contribution >= 0.6 is 34.7 Å². The normalized spacial score (nSPS) is 11.0. The maximum absolute atomic E-state index is 13.1. The zero-order valence-corrected chi connectivity index (χ0v) is 24.1. The van der Waals surface area contributed by atoms with Gasteiger partial charge in [0.25, 0.3) is 11.8 Å². The van der Waals surface area contributed by atoms with E-state index in [1.165, 1.54) is 30.2 Å². The predicted octanol–water partition coefficient (Wildman–Crippen LogP) is 6.86. The maximum atomic E-state index is 13.1. The fraction of sp³-hybridized carbons (Fsp3) is 0.100. The highest BCUT2D eigenvalue weighted by Crippen LogP contribution is 2.31. The molecule has 10 heteroatoms. The average molecular weight is 592 g/mol. The molecule has 1 aromatic heterocycles. The number of thiophene rings is 1. The number of hydrogen-bond acceptors (Lipinski definition) is 6. The Hall–Kier alpha value is -4.05. The van der Waals surface area contributed by atoms with Crippen molar-refractivity contribution in [3.05, 3.63) is 111 Å². The number of methoxy groups -OCH3 is 1. The largest absolute Gasteiger partial charge is 0.495 e. The molecule has 0 fully saturated rings. The molecule has 204 valence electrons. The van der Waals surface area contributed by atoms with Gasteiger partial charge in [-0.05, 0) is 72.5 Å². The maximum Gasteiger partial charge on any atom is 0.272 e. The summed E-state index contributed by atoms with van der Waals surface area (Å²) in [6.07, 6.45) is 1.64. The van der Waals surface area contributed by atoms with Crippen molar-refractivity contribution in [3.8, 4) is 5.75 Å². The van der Waals surface area contributed by atoms with Crippen LogP contribution in [0.3, 0.4) is 0 Å². The lowest BCUT2D eigenvalue weighted by Crippen LogP contribution is -2.30. The van der Waals surface area contributed by atoms with Crippen molar-refractivity contribution in [3.63, 3.8) is 0 Å². The first-order chi connectivity index (χ1) is 19.3. The van der Waals surface area contributed by atoms with E-state index in [-0.39, 0.29) is 23.3 Å². The number of rotatable bonds is 10. The molecule has 3 N–H and O–H groups in total. The number of nitrogens with one attached hydrogen (secondary N) is 3. The average Bonchev–Trinajstić information content (AvgIpc) is 3.48. The molecule has 4 aromatic rings. The van der Waals surface area contributed by atoms with Gasteiger partial charge in [-0.3, -0.25) is 14.4 Å². The van der Waals surface area contributed by atoms with Crippen LogP contribution in [0.15, 0.2) is 94.8 Å². The molecule has 0 radical (unpaired) electrons. The standard InChI is InChI=1S/C30H26ClN3O4S2/c1-19-15-25(27(38-2)17-24(19)31)33-28(35)18-40-22-12-10-21(11-13-22)32-30(37)26(16-23-9-6-14-39-23)34-29(36)20-7-4-3-5-8-20/h3-17H,18H2,1-2H3,(H,32,37)(H,33,35)(H,34,36)/b26-16-. The molecule has 0 aliphatic carbocycles. The van der Waals surface area contributed by atoms with Gasteiger partial charge in [-0.15, -0.1) is 23.1 Å². The summed E-state index contributed by atoms with van der Waals surface area (Å²) in [5.74, 6) is -0.364. The number of thioether (sulfide) groups is 1. The van der Waals surface area contributed by atoms with Crippen LogP contribution in [0.25, 0.3) is 6.08 Å². The Morgan fingerprint density at radius 1 is 0.975 bits per heavy atom. The Morgan fingerprint density at radius 3 is 2.40 bits per heavy atom. The van der Waals surface area contributed by atoms with Crippen LogP contribution in [0.1, 0.15) is 20.8 Å². The summed E-state index contributed by atoms with van der Waals surface area (Å²) in [4.78, 5) is 40.0. The van der Waals surface area contributed by atoms with E-state index >= 15 is 0 Å². The van der Waals surface area contributed by atoms with Crippen LogP contribution in [0.2, 0.25) is 5.02 Å². The second kappa shape index (κ2) is 13.8. The topological polar surface area (TPSA) is 96.5 Å². The van der Waals surface area contributed by atoms with E-state index in [9.17, 15) is 14.4 Å². The Labute approximate surface area is 245 Å². The van der Waals surface area contributed by atoms with Crippen LogP contribution in [0.4, 0.5) is 11.4 Å². The van der Waals surface area contributed by atoms with Gasteiger partial charge in [-0.1, -0.05) is 35.9 Å². The van der Waals surface area contributed by atoms with E-state index < -0.39 is 5.91 Å². The van der Waals surface area contributed by atoms with Gasteiger partial charge in [0.1, 0.15) is 11.4 Å². The lowest BCUT2D eigenvalue weighted by atomic mass is 10.2. The highest BCUT2D eigenvalue weighted by atomic mass is 35.5. The molecule has 1 heterocycles. The molecule has 0 saturated carbocycles. The van der Waals surface area contributed by atoms with Gasteiger partial charge < -0.3 is 20.7 Å². The van der Waals surface area contributed by atoms with Gasteiger partial charge in [0.05, 0.1) is 18.6 Å². The predicted molar refractivity (Wildman–Crippen MR) is 163 cm³/mol. The van der Waals surface area contributed by atoms with E-state index in [1.54, 1.807) is 54.6 Å². The molecular weight excluding hydrogens is 566 g/mol. The number of aryl methyl sites for hydroxylation is 1. The van der Waals surface area contributed by atoms with Gasteiger partial charge in [0.2, 0.25) is 5.91 Å². The summed E-state index contributed by atoms with van der Waals surface area (Å²) in [5.41, 5.74) is 2.50. The Bertz CT molecular complexity index is 1520.